The van der Waals surface area contributed by atoms with Crippen LogP contribution in [0.15, 0.2) is 115 Å². The third kappa shape index (κ3) is 7.42. The molecule has 4 rings (SSSR count). The number of carbonyl (C=O) groups excluding carboxylic acids is 3. The predicted molar refractivity (Wildman–Crippen MR) is 162 cm³/mol. The molecule has 0 bridgehead atoms. The Morgan fingerprint density at radius 3 is 2.02 bits per heavy atom. The highest BCUT2D eigenvalue weighted by Crippen LogP contribution is 2.17. The van der Waals surface area contributed by atoms with Gasteiger partial charge in [-0.05, 0) is 84.3 Å². The minimum atomic E-state index is -0.487. The number of hydrogen-bond acceptors (Lipinski definition) is 4. The first-order chi connectivity index (χ1) is 19.3. The summed E-state index contributed by atoms with van der Waals surface area (Å²) in [6.07, 6.45) is 4.96. The Morgan fingerprint density at radius 1 is 0.725 bits per heavy atom. The molecule has 0 spiro atoms. The van der Waals surface area contributed by atoms with Crippen LogP contribution in [0.5, 0.6) is 0 Å². The van der Waals surface area contributed by atoms with Crippen molar-refractivity contribution in [1.29, 1.82) is 0 Å². The van der Waals surface area contributed by atoms with E-state index in [0.29, 0.717) is 16.8 Å². The maximum atomic E-state index is 13.3. The first-order valence-corrected chi connectivity index (χ1v) is 12.8. The van der Waals surface area contributed by atoms with Gasteiger partial charge in [0.2, 0.25) is 0 Å². The van der Waals surface area contributed by atoms with Gasteiger partial charge in [0.05, 0.1) is 0 Å². The Morgan fingerprint density at radius 2 is 1.38 bits per heavy atom. The van der Waals surface area contributed by atoms with Crippen LogP contribution in [-0.4, -0.2) is 31.7 Å². The van der Waals surface area contributed by atoms with Crippen molar-refractivity contribution in [2.45, 2.75) is 6.92 Å². The molecule has 0 saturated heterocycles. The average Bonchev–Trinajstić information content (AvgIpc) is 2.97. The van der Waals surface area contributed by atoms with Gasteiger partial charge < -0.3 is 15.5 Å². The molecule has 0 aliphatic carbocycles. The van der Waals surface area contributed by atoms with Crippen LogP contribution in [0.2, 0.25) is 0 Å². The average molecular weight is 530 g/mol. The summed E-state index contributed by atoms with van der Waals surface area (Å²) >= 11 is 0. The number of rotatable bonds is 9. The molecule has 0 unspecified atom stereocenters. The lowest BCUT2D eigenvalue weighted by atomic mass is 10.1. The highest BCUT2D eigenvalue weighted by atomic mass is 16.2. The minimum Gasteiger partial charge on any atom is -0.378 e. The fraction of sp³-hybridized carbons (Fsp3) is 0.0882. The van der Waals surface area contributed by atoms with E-state index < -0.39 is 11.8 Å². The number of benzene rings is 4. The van der Waals surface area contributed by atoms with E-state index >= 15 is 0 Å². The number of aryl methyl sites for hydroxylation is 1. The number of anilines is 2. The molecule has 0 fully saturated rings. The van der Waals surface area contributed by atoms with Gasteiger partial charge in [0.25, 0.3) is 11.8 Å². The van der Waals surface area contributed by atoms with Crippen molar-refractivity contribution in [2.24, 2.45) is 0 Å². The number of carbonyl (C=O) groups is 3. The molecule has 0 aliphatic rings. The lowest BCUT2D eigenvalue weighted by Crippen LogP contribution is -2.30. The Bertz CT molecular complexity index is 1550. The number of ketones is 1. The lowest BCUT2D eigenvalue weighted by Gasteiger charge is -2.13. The van der Waals surface area contributed by atoms with Gasteiger partial charge >= 0.3 is 0 Å². The number of allylic oxidation sites excluding steroid dienone is 1. The Balaban J connectivity index is 1.51. The van der Waals surface area contributed by atoms with Crippen LogP contribution < -0.4 is 15.5 Å². The summed E-state index contributed by atoms with van der Waals surface area (Å²) in [7, 11) is 3.90. The molecule has 6 heteroatoms. The molecule has 2 amide bonds. The van der Waals surface area contributed by atoms with Gasteiger partial charge in [0.15, 0.2) is 5.78 Å². The van der Waals surface area contributed by atoms with E-state index in [4.69, 9.17) is 0 Å². The van der Waals surface area contributed by atoms with Crippen molar-refractivity contribution >= 4 is 41.1 Å². The standard InChI is InChI=1S/C34H31N3O3/c1-24-9-7-8-10-26(24)17-22-32(38)27-15-18-29(19-16-27)35-34(40)31(36-33(39)28-11-5-4-6-12-28)23-25-13-20-30(21-14-25)37(2)3/h4-23H,1-3H3,(H,35,40)(H,36,39)/b22-17+,31-23-. The van der Waals surface area contributed by atoms with Gasteiger partial charge in [0.1, 0.15) is 5.70 Å². The van der Waals surface area contributed by atoms with Gasteiger partial charge in [-0.1, -0.05) is 60.7 Å². The molecule has 0 saturated carbocycles. The van der Waals surface area contributed by atoms with Gasteiger partial charge in [-0.3, -0.25) is 14.4 Å². The first kappa shape index (κ1) is 27.8. The molecular weight excluding hydrogens is 498 g/mol. The largest absolute Gasteiger partial charge is 0.378 e. The maximum absolute atomic E-state index is 13.3. The molecule has 2 N–H and O–H groups in total. The fourth-order valence-electron chi connectivity index (χ4n) is 3.93. The number of nitrogens with zero attached hydrogens (tertiary/aromatic N) is 1. The molecular formula is C34H31N3O3. The summed E-state index contributed by atoms with van der Waals surface area (Å²) in [5, 5.41) is 5.56. The van der Waals surface area contributed by atoms with Crippen LogP contribution in [0.1, 0.15) is 37.4 Å². The number of amides is 2. The molecule has 40 heavy (non-hydrogen) atoms. The van der Waals surface area contributed by atoms with Crippen molar-refractivity contribution < 1.29 is 14.4 Å². The second-order valence-corrected chi connectivity index (χ2v) is 9.45. The minimum absolute atomic E-state index is 0.0905. The molecule has 200 valence electrons. The summed E-state index contributed by atoms with van der Waals surface area (Å²) in [5.74, 6) is -1.02. The van der Waals surface area contributed by atoms with Crippen LogP contribution in [0, 0.1) is 6.92 Å². The van der Waals surface area contributed by atoms with Gasteiger partial charge in [-0.25, -0.2) is 0 Å². The normalized spacial score (nSPS) is 11.2. The first-order valence-electron chi connectivity index (χ1n) is 12.8. The van der Waals surface area contributed by atoms with Gasteiger partial charge in [-0.15, -0.1) is 0 Å². The molecule has 0 atom stereocenters. The van der Waals surface area contributed by atoms with E-state index in [1.165, 1.54) is 6.08 Å². The van der Waals surface area contributed by atoms with Crippen LogP contribution in [0.4, 0.5) is 11.4 Å². The highest BCUT2D eigenvalue weighted by molar-refractivity contribution is 6.11. The molecule has 4 aromatic rings. The van der Waals surface area contributed by atoms with E-state index in [1.807, 2.05) is 80.5 Å². The van der Waals surface area contributed by atoms with Crippen LogP contribution >= 0.6 is 0 Å². The summed E-state index contributed by atoms with van der Waals surface area (Å²) in [6.45, 7) is 1.99. The third-order valence-corrected chi connectivity index (χ3v) is 6.28. The second kappa shape index (κ2) is 13.0. The fourth-order valence-corrected chi connectivity index (χ4v) is 3.93. The van der Waals surface area contributed by atoms with Crippen molar-refractivity contribution in [3.05, 3.63) is 143 Å². The third-order valence-electron chi connectivity index (χ3n) is 6.28. The van der Waals surface area contributed by atoms with Crippen LogP contribution in [0.3, 0.4) is 0 Å². The molecule has 0 heterocycles. The van der Waals surface area contributed by atoms with Gasteiger partial charge in [0, 0.05) is 36.6 Å². The topological polar surface area (TPSA) is 78.5 Å². The smallest absolute Gasteiger partial charge is 0.272 e. The monoisotopic (exact) mass is 529 g/mol. The summed E-state index contributed by atoms with van der Waals surface area (Å²) in [6, 6.07) is 30.8. The Hall–Kier alpha value is -5.23. The zero-order valence-electron chi connectivity index (χ0n) is 22.7. The molecule has 0 radical (unpaired) electrons. The summed E-state index contributed by atoms with van der Waals surface area (Å²) in [5.41, 5.74) is 5.35. The van der Waals surface area contributed by atoms with Crippen molar-refractivity contribution in [3.63, 3.8) is 0 Å². The zero-order chi connectivity index (χ0) is 28.5. The summed E-state index contributed by atoms with van der Waals surface area (Å²) < 4.78 is 0. The van der Waals surface area contributed by atoms with E-state index in [1.54, 1.807) is 60.7 Å². The Kier molecular flexibility index (Phi) is 9.05. The van der Waals surface area contributed by atoms with Crippen LogP contribution in [-0.2, 0) is 4.79 Å². The van der Waals surface area contributed by atoms with E-state index in [2.05, 4.69) is 10.6 Å². The number of nitrogens with one attached hydrogen (secondary N) is 2. The van der Waals surface area contributed by atoms with Crippen LogP contribution in [0.25, 0.3) is 12.2 Å². The predicted octanol–water partition coefficient (Wildman–Crippen LogP) is 6.37. The molecule has 0 aromatic heterocycles. The second-order valence-electron chi connectivity index (χ2n) is 9.45. The van der Waals surface area contributed by atoms with E-state index in [0.717, 1.165) is 22.4 Å². The molecule has 4 aromatic carbocycles. The molecule has 0 aliphatic heterocycles. The number of hydrogen-bond donors (Lipinski definition) is 2. The maximum Gasteiger partial charge on any atom is 0.272 e. The van der Waals surface area contributed by atoms with Gasteiger partial charge in [-0.2, -0.15) is 0 Å². The van der Waals surface area contributed by atoms with Crippen molar-refractivity contribution in [2.75, 3.05) is 24.3 Å². The quantitative estimate of drug-likeness (QED) is 0.195. The van der Waals surface area contributed by atoms with E-state index in [-0.39, 0.29) is 11.5 Å². The molecule has 6 nitrogen and oxygen atoms in total. The Labute approximate surface area is 234 Å². The highest BCUT2D eigenvalue weighted by Gasteiger charge is 2.15. The van der Waals surface area contributed by atoms with Crippen molar-refractivity contribution in [1.82, 2.24) is 5.32 Å². The van der Waals surface area contributed by atoms with Crippen molar-refractivity contribution in [3.8, 4) is 0 Å². The SMILES string of the molecule is Cc1ccccc1/C=C/C(=O)c1ccc(NC(=O)/C(=C/c2ccc(N(C)C)cc2)NC(=O)c2ccccc2)cc1. The lowest BCUT2D eigenvalue weighted by molar-refractivity contribution is -0.113. The van der Waals surface area contributed by atoms with E-state index in [9.17, 15) is 14.4 Å². The summed E-state index contributed by atoms with van der Waals surface area (Å²) in [4.78, 5) is 40.8. The zero-order valence-corrected chi connectivity index (χ0v) is 22.7.